The average Bonchev–Trinajstić information content (AvgIpc) is 2.80. The van der Waals surface area contributed by atoms with E-state index in [1.807, 2.05) is 6.92 Å². The van der Waals surface area contributed by atoms with E-state index in [0.717, 1.165) is 12.1 Å². The monoisotopic (exact) mass is 309 g/mol. The minimum Gasteiger partial charge on any atom is -0.326 e. The fourth-order valence-electron chi connectivity index (χ4n) is 1.95. The number of hydrogen-bond donors (Lipinski definition) is 2. The van der Waals surface area contributed by atoms with Crippen molar-refractivity contribution in [1.82, 2.24) is 9.97 Å². The number of nitrogens with two attached hydrogens (primary N) is 1. The van der Waals surface area contributed by atoms with E-state index < -0.39 is 0 Å². The third kappa shape index (κ3) is 3.50. The number of aryl methyl sites for hydroxylation is 2. The van der Waals surface area contributed by atoms with Crippen molar-refractivity contribution in [3.05, 3.63) is 44.0 Å². The summed E-state index contributed by atoms with van der Waals surface area (Å²) in [6.07, 6.45) is 0.880. The van der Waals surface area contributed by atoms with Gasteiger partial charge in [-0.1, -0.05) is 18.7 Å². The Morgan fingerprint density at radius 2 is 2.25 bits per heavy atom. The number of thioether (sulfide) groups is 1. The minimum absolute atomic E-state index is 0.0307. The molecular weight excluding hydrogens is 290 g/mol. The molecule has 0 spiro atoms. The Morgan fingerprint density at radius 1 is 1.50 bits per heavy atom. The summed E-state index contributed by atoms with van der Waals surface area (Å²) < 4.78 is 0. The molecule has 3 N–H and O–H groups in total. The van der Waals surface area contributed by atoms with Crippen molar-refractivity contribution < 1.29 is 0 Å². The van der Waals surface area contributed by atoms with Gasteiger partial charge in [0.2, 0.25) is 0 Å². The molecule has 0 aliphatic rings. The number of aromatic amines is 1. The van der Waals surface area contributed by atoms with Gasteiger partial charge in [-0.05, 0) is 37.3 Å². The molecule has 6 heteroatoms. The van der Waals surface area contributed by atoms with Gasteiger partial charge in [0.1, 0.15) is 0 Å². The Kier molecular flexibility index (Phi) is 5.01. The zero-order chi connectivity index (χ0) is 14.7. The molecule has 0 amide bonds. The summed E-state index contributed by atoms with van der Waals surface area (Å²) in [5.74, 6) is 0. The second-order valence-corrected chi connectivity index (χ2v) is 6.85. The van der Waals surface area contributed by atoms with Gasteiger partial charge >= 0.3 is 0 Å². The lowest BCUT2D eigenvalue weighted by Crippen LogP contribution is -2.26. The summed E-state index contributed by atoms with van der Waals surface area (Å²) in [4.78, 5) is 20.0. The molecular formula is C14H19N3OS2. The summed E-state index contributed by atoms with van der Waals surface area (Å²) in [5.41, 5.74) is 8.12. The van der Waals surface area contributed by atoms with E-state index in [1.54, 1.807) is 23.1 Å². The largest absolute Gasteiger partial charge is 0.326 e. The number of hydrogen-bond acceptors (Lipinski definition) is 5. The molecule has 0 aliphatic heterocycles. The number of nitrogens with zero attached hydrogens (tertiary/aromatic N) is 1. The Hall–Kier alpha value is -1.11. The molecule has 0 saturated carbocycles. The van der Waals surface area contributed by atoms with Gasteiger partial charge in [-0.3, -0.25) is 4.79 Å². The van der Waals surface area contributed by atoms with Crippen molar-refractivity contribution in [2.24, 2.45) is 5.73 Å². The highest BCUT2D eigenvalue weighted by atomic mass is 32.2. The van der Waals surface area contributed by atoms with Crippen LogP contribution in [0.4, 0.5) is 0 Å². The molecule has 0 aliphatic carbocycles. The summed E-state index contributed by atoms with van der Waals surface area (Å²) in [5, 5.41) is 2.83. The maximum Gasteiger partial charge on any atom is 0.251 e. The molecule has 2 unspecified atom stereocenters. The molecule has 20 heavy (non-hydrogen) atoms. The van der Waals surface area contributed by atoms with Crippen molar-refractivity contribution >= 4 is 23.1 Å². The average molecular weight is 309 g/mol. The van der Waals surface area contributed by atoms with E-state index in [0.29, 0.717) is 5.16 Å². The molecule has 0 saturated heterocycles. The fraction of sp³-hybridized carbons (Fsp3) is 0.429. The standard InChI is InChI=1S/C14H19N3OS2/c1-4-10(15)13(12-8(2)5-6-19-12)20-14-16-9(3)7-11(18)17-14/h5-7,10,13H,4,15H2,1-3H3,(H,16,17,18). The van der Waals surface area contributed by atoms with Crippen molar-refractivity contribution in [2.45, 2.75) is 43.6 Å². The van der Waals surface area contributed by atoms with Crippen molar-refractivity contribution in [1.29, 1.82) is 0 Å². The van der Waals surface area contributed by atoms with Gasteiger partial charge in [0.15, 0.2) is 5.16 Å². The maximum absolute atomic E-state index is 11.5. The highest BCUT2D eigenvalue weighted by Gasteiger charge is 2.23. The van der Waals surface area contributed by atoms with Gasteiger partial charge in [0.25, 0.3) is 5.56 Å². The molecule has 2 heterocycles. The Labute approximate surface area is 126 Å². The first-order valence-electron chi connectivity index (χ1n) is 6.55. The lowest BCUT2D eigenvalue weighted by molar-refractivity contribution is 0.636. The van der Waals surface area contributed by atoms with Crippen LogP contribution >= 0.6 is 23.1 Å². The second-order valence-electron chi connectivity index (χ2n) is 4.77. The zero-order valence-corrected chi connectivity index (χ0v) is 13.5. The molecule has 0 bridgehead atoms. The van der Waals surface area contributed by atoms with Crippen LogP contribution in [0.2, 0.25) is 0 Å². The van der Waals surface area contributed by atoms with Crippen molar-refractivity contribution in [3.8, 4) is 0 Å². The smallest absolute Gasteiger partial charge is 0.251 e. The quantitative estimate of drug-likeness (QED) is 0.658. The molecule has 2 aromatic heterocycles. The van der Waals surface area contributed by atoms with Crippen LogP contribution in [0.15, 0.2) is 27.5 Å². The molecule has 0 aromatic carbocycles. The fourth-order valence-corrected chi connectivity index (χ4v) is 4.50. The first-order valence-corrected chi connectivity index (χ1v) is 8.31. The Bertz CT molecular complexity index is 635. The van der Waals surface area contributed by atoms with Gasteiger partial charge in [-0.2, -0.15) is 0 Å². The summed E-state index contributed by atoms with van der Waals surface area (Å²) >= 11 is 3.25. The lowest BCUT2D eigenvalue weighted by atomic mass is 10.1. The summed E-state index contributed by atoms with van der Waals surface area (Å²) in [6, 6.07) is 3.63. The van der Waals surface area contributed by atoms with Gasteiger partial charge in [-0.15, -0.1) is 11.3 Å². The van der Waals surface area contributed by atoms with E-state index in [2.05, 4.69) is 35.3 Å². The van der Waals surface area contributed by atoms with E-state index in [-0.39, 0.29) is 16.9 Å². The number of H-pyrrole nitrogens is 1. The van der Waals surface area contributed by atoms with E-state index in [9.17, 15) is 4.79 Å². The van der Waals surface area contributed by atoms with Crippen molar-refractivity contribution in [2.75, 3.05) is 0 Å². The van der Waals surface area contributed by atoms with Gasteiger partial charge in [0.05, 0.1) is 5.25 Å². The minimum atomic E-state index is -0.119. The first-order chi connectivity index (χ1) is 9.51. The van der Waals surface area contributed by atoms with Crippen molar-refractivity contribution in [3.63, 3.8) is 0 Å². The molecule has 2 aromatic rings. The number of thiophene rings is 1. The molecule has 0 radical (unpaired) electrons. The van der Waals surface area contributed by atoms with E-state index in [4.69, 9.17) is 5.73 Å². The molecule has 0 fully saturated rings. The third-order valence-electron chi connectivity index (χ3n) is 3.11. The lowest BCUT2D eigenvalue weighted by Gasteiger charge is -2.21. The molecule has 108 valence electrons. The van der Waals surface area contributed by atoms with Crippen LogP contribution in [0.25, 0.3) is 0 Å². The van der Waals surface area contributed by atoms with Gasteiger partial charge < -0.3 is 10.7 Å². The van der Waals surface area contributed by atoms with E-state index >= 15 is 0 Å². The maximum atomic E-state index is 11.5. The Morgan fingerprint density at radius 3 is 2.80 bits per heavy atom. The SMILES string of the molecule is CCC(N)C(Sc1nc(C)cc(=O)[nH]1)c1sccc1C. The van der Waals surface area contributed by atoms with Crippen LogP contribution in [0.3, 0.4) is 0 Å². The van der Waals surface area contributed by atoms with Crippen LogP contribution < -0.4 is 11.3 Å². The van der Waals surface area contributed by atoms with Gasteiger partial charge in [-0.25, -0.2) is 4.98 Å². The predicted octanol–water partition coefficient (Wildman–Crippen LogP) is 3.02. The normalized spacial score (nSPS) is 14.2. The van der Waals surface area contributed by atoms with Crippen LogP contribution in [-0.2, 0) is 0 Å². The second kappa shape index (κ2) is 6.56. The van der Waals surface area contributed by atoms with Crippen LogP contribution in [0.5, 0.6) is 0 Å². The number of rotatable bonds is 5. The molecule has 2 rings (SSSR count). The summed E-state index contributed by atoms with van der Waals surface area (Å²) in [6.45, 7) is 5.99. The molecule has 4 nitrogen and oxygen atoms in total. The summed E-state index contributed by atoms with van der Waals surface area (Å²) in [7, 11) is 0. The zero-order valence-electron chi connectivity index (χ0n) is 11.8. The highest BCUT2D eigenvalue weighted by molar-refractivity contribution is 7.99. The Balaban J connectivity index is 2.33. The third-order valence-corrected chi connectivity index (χ3v) is 5.61. The van der Waals surface area contributed by atoms with Gasteiger partial charge in [0, 0.05) is 22.7 Å². The number of aromatic nitrogens is 2. The van der Waals surface area contributed by atoms with E-state index in [1.165, 1.54) is 16.5 Å². The predicted molar refractivity (Wildman–Crippen MR) is 85.5 cm³/mol. The topological polar surface area (TPSA) is 71.8 Å². The first kappa shape index (κ1) is 15.3. The van der Waals surface area contributed by atoms with Crippen LogP contribution in [-0.4, -0.2) is 16.0 Å². The molecule has 2 atom stereocenters. The highest BCUT2D eigenvalue weighted by Crippen LogP contribution is 2.40. The van der Waals surface area contributed by atoms with Crippen LogP contribution in [0, 0.1) is 13.8 Å². The van der Waals surface area contributed by atoms with Crippen LogP contribution in [0.1, 0.15) is 34.7 Å². The number of nitrogens with one attached hydrogen (secondary N) is 1.